The topological polar surface area (TPSA) is 453 Å². The molecule has 28 nitrogen and oxygen atoms in total. The smallest absolute Gasteiger partial charge is 0.344 e. The predicted molar refractivity (Wildman–Crippen MR) is 566 cm³/mol. The van der Waals surface area contributed by atoms with Gasteiger partial charge in [-0.3, -0.25) is 19.2 Å². The molecule has 12 N–H and O–H groups in total. The number of carbonyl (C=O) groups excluding carboxylic acids is 4. The van der Waals surface area contributed by atoms with Gasteiger partial charge in [0.05, 0.1) is 74.3 Å². The Morgan fingerprint density at radius 2 is 0.514 bits per heavy atom. The van der Waals surface area contributed by atoms with E-state index in [-0.39, 0.29) is 143 Å². The van der Waals surface area contributed by atoms with E-state index in [1.54, 1.807) is 0 Å². The van der Waals surface area contributed by atoms with Crippen LogP contribution in [0.25, 0.3) is 0 Å². The van der Waals surface area contributed by atoms with Crippen molar-refractivity contribution in [2.24, 2.45) is 71.0 Å². The van der Waals surface area contributed by atoms with E-state index in [9.17, 15) is 79.2 Å². The summed E-state index contributed by atoms with van der Waals surface area (Å²) in [6.45, 7) is 12.3. The SMILES string of the molecule is CCCCC[C@H](O)CC[C@@H]1[C@H]2Cc3cccc(OCC(=O)OC(C)CCCCC(=O)O)c3C[C@H]2C[C@H]1O.CCCCC[C@H](O)CC[C@@H]1[C@H]2Cc3cccc(OCC(=O)OC(C)CCCCCC(=O)O)c3C[C@H]2C[C@H]1O.CCCCC[C@H](O)CC[C@@H]1[C@H]2Cc3cccc(OCC(=O)OCCCCCC(=O)O)c3C[C@H]2C[C@H]1O.CCCCC[C@H](O)CC[C@@H]1[C@H]2Cc3cccc(OCC(=O)OCCCCCCC(=O)O)c3C[C@H]2C[C@H]1O. The van der Waals surface area contributed by atoms with Crippen LogP contribution in [-0.2, 0) is 109 Å². The largest absolute Gasteiger partial charge is 0.482 e. The Bertz CT molecular complexity index is 4570. The molecule has 22 atom stereocenters. The number of hydrogen-bond acceptors (Lipinski definition) is 24. The lowest BCUT2D eigenvalue weighted by Gasteiger charge is -2.32. The van der Waals surface area contributed by atoms with Crippen LogP contribution in [0.5, 0.6) is 23.0 Å². The van der Waals surface area contributed by atoms with Crippen LogP contribution < -0.4 is 18.9 Å². The van der Waals surface area contributed by atoms with Gasteiger partial charge in [-0.1, -0.05) is 173 Å². The molecule has 4 fully saturated rings. The van der Waals surface area contributed by atoms with E-state index in [2.05, 4.69) is 52.0 Å². The summed E-state index contributed by atoms with van der Waals surface area (Å²) in [6.07, 6.45) is 40.9. The van der Waals surface area contributed by atoms with E-state index in [0.717, 1.165) is 291 Å². The highest BCUT2D eigenvalue weighted by atomic mass is 16.6. The molecule has 8 aliphatic rings. The van der Waals surface area contributed by atoms with Crippen molar-refractivity contribution in [3.8, 4) is 23.0 Å². The fourth-order valence-corrected chi connectivity index (χ4v) is 24.9. The van der Waals surface area contributed by atoms with Gasteiger partial charge >= 0.3 is 47.8 Å². The maximum Gasteiger partial charge on any atom is 0.344 e. The van der Waals surface area contributed by atoms with Gasteiger partial charge in [-0.15, -0.1) is 0 Å². The zero-order chi connectivity index (χ0) is 107. The van der Waals surface area contributed by atoms with Crippen LogP contribution in [0.4, 0.5) is 0 Å². The maximum atomic E-state index is 12.4. The van der Waals surface area contributed by atoms with Crippen LogP contribution in [0.15, 0.2) is 72.8 Å². The van der Waals surface area contributed by atoms with Gasteiger partial charge in [0, 0.05) is 25.7 Å². The normalized spacial score (nSPS) is 23.7. The molecule has 4 saturated carbocycles. The third-order valence-corrected chi connectivity index (χ3v) is 32.9. The number of benzene rings is 4. The molecule has 0 amide bonds. The number of carbonyl (C=O) groups is 8. The average molecular weight is 2070 g/mol. The standard InChI is InChI=1S/C31H48O7.2C30H46O7.C29H44O7/c1-3-4-6-12-24(32)15-16-25-26-17-22-11-9-13-29(27(22)18-23(26)19-28(25)33)37-20-31(36)38-21(2)10-7-5-8-14-30(34)35;1-3-4-5-11-23(31)14-15-24-25-16-21-10-8-12-28(26(21)17-22(25)18-27(24)32)36-19-30(35)37-20(2)9-6-7-13-29(33)34;1-2-3-6-11-23(31)14-15-24-25-17-21-10-9-12-28(26(21)18-22(25)19-27(24)32)37-20-30(35)36-16-8-5-4-7-13-29(33)34;1-2-3-5-10-22(30)13-14-23-24-16-20-9-8-11-27(25(20)17-21(24)18-26(23)31)36-19-29(34)35-15-7-4-6-12-28(32)33/h9,11,13,21,23-26,28,32-33H,3-8,10,12,14-20H2,1-2H3,(H,34,35);8,10,12,20,22-25,27,31-32H,3-7,9,11,13-19H2,1-2H3,(H,33,34);9-10,12,22-25,27,31-32H,2-8,11,13-20H2,1H3,(H,33,34);8-9,11,21-24,26,30-31H,2-7,10,12-19H2,1H3,(H,32,33)/t21?,23-,24-,25+,26-,28+;20?,22-,23-,24+,25-,27+;22-,23-,24+,25-,27+;21-,22-,23+,24-,26+/m0000/s1. The molecule has 0 aliphatic heterocycles. The summed E-state index contributed by atoms with van der Waals surface area (Å²) in [5, 5.41) is 120. The minimum Gasteiger partial charge on any atom is -0.482 e. The number of rotatable bonds is 66. The molecule has 4 aromatic carbocycles. The van der Waals surface area contributed by atoms with Crippen molar-refractivity contribution in [1.29, 1.82) is 0 Å². The number of esters is 4. The van der Waals surface area contributed by atoms with Crippen molar-refractivity contribution in [3.05, 3.63) is 117 Å². The summed E-state index contributed by atoms with van der Waals surface area (Å²) in [5.41, 5.74) is 9.46. The van der Waals surface area contributed by atoms with E-state index in [4.69, 9.17) is 58.3 Å². The van der Waals surface area contributed by atoms with Crippen LogP contribution in [0, 0.1) is 71.0 Å². The lowest BCUT2D eigenvalue weighted by atomic mass is 9.73. The number of unbranched alkanes of at least 4 members (excludes halogenated alkanes) is 16. The molecular formula is C120H184O28. The van der Waals surface area contributed by atoms with E-state index in [1.807, 2.05) is 62.4 Å². The van der Waals surface area contributed by atoms with Crippen molar-refractivity contribution >= 4 is 47.8 Å². The maximum absolute atomic E-state index is 12.4. The molecule has 0 aromatic heterocycles. The van der Waals surface area contributed by atoms with Gasteiger partial charge in [0.15, 0.2) is 26.4 Å². The average Bonchev–Trinajstić information content (AvgIpc) is 1.62. The molecule has 0 radical (unpaired) electrons. The highest BCUT2D eigenvalue weighted by molar-refractivity contribution is 5.73. The lowest BCUT2D eigenvalue weighted by molar-refractivity contribution is -0.151. The van der Waals surface area contributed by atoms with Crippen molar-refractivity contribution in [2.45, 2.75) is 449 Å². The Balaban J connectivity index is 0.000000219. The van der Waals surface area contributed by atoms with Gasteiger partial charge in [0.1, 0.15) is 23.0 Å². The number of fused-ring (bicyclic) bond motifs is 8. The van der Waals surface area contributed by atoms with Crippen LogP contribution in [-0.4, -0.2) is 210 Å². The summed E-state index contributed by atoms with van der Waals surface area (Å²) < 4.78 is 45.0. The van der Waals surface area contributed by atoms with E-state index in [0.29, 0.717) is 130 Å². The Kier molecular flexibility index (Phi) is 55.8. The molecule has 8 aliphatic carbocycles. The Morgan fingerprint density at radius 3 is 0.777 bits per heavy atom. The fraction of sp³-hybridized carbons (Fsp3) is 0.733. The van der Waals surface area contributed by atoms with E-state index < -0.39 is 47.8 Å². The molecule has 2 unspecified atom stereocenters. The zero-order valence-electron chi connectivity index (χ0n) is 90.0. The summed E-state index contributed by atoms with van der Waals surface area (Å²) >= 11 is 0. The number of aliphatic carboxylic acids is 4. The number of hydrogen-bond donors (Lipinski definition) is 12. The van der Waals surface area contributed by atoms with Gasteiger partial charge < -0.3 is 99.2 Å². The van der Waals surface area contributed by atoms with Crippen LogP contribution in [0.1, 0.15) is 381 Å². The molecule has 12 rings (SSSR count). The van der Waals surface area contributed by atoms with Gasteiger partial charge in [0.25, 0.3) is 0 Å². The zero-order valence-corrected chi connectivity index (χ0v) is 90.0. The first kappa shape index (κ1) is 123. The Labute approximate surface area is 880 Å². The molecule has 832 valence electrons. The van der Waals surface area contributed by atoms with Crippen molar-refractivity contribution in [3.63, 3.8) is 0 Å². The van der Waals surface area contributed by atoms with Gasteiger partial charge in [0.2, 0.25) is 0 Å². The van der Waals surface area contributed by atoms with Crippen molar-refractivity contribution in [1.82, 2.24) is 0 Å². The third-order valence-electron chi connectivity index (χ3n) is 32.9. The quantitative estimate of drug-likeness (QED) is 0.0111. The highest BCUT2D eigenvalue weighted by Gasteiger charge is 2.50. The first-order valence-corrected chi connectivity index (χ1v) is 57.3. The van der Waals surface area contributed by atoms with Gasteiger partial charge in [-0.05, 0) is 378 Å². The van der Waals surface area contributed by atoms with Crippen molar-refractivity contribution < 1.29 is 138 Å². The molecule has 28 heteroatoms. The lowest BCUT2D eigenvalue weighted by Crippen LogP contribution is -2.28. The first-order chi connectivity index (χ1) is 71.3. The Morgan fingerprint density at radius 1 is 0.284 bits per heavy atom. The minimum atomic E-state index is -0.810. The van der Waals surface area contributed by atoms with Gasteiger partial charge in [-0.2, -0.15) is 0 Å². The second kappa shape index (κ2) is 67.1. The van der Waals surface area contributed by atoms with Crippen LogP contribution in [0.3, 0.4) is 0 Å². The molecule has 0 bridgehead atoms. The first-order valence-electron chi connectivity index (χ1n) is 57.3. The van der Waals surface area contributed by atoms with Crippen molar-refractivity contribution in [2.75, 3.05) is 39.6 Å². The Hall–Kier alpha value is -8.48. The summed E-state index contributed by atoms with van der Waals surface area (Å²) in [5.74, 6) is 2.15. The number of aliphatic hydroxyl groups excluding tert-OH is 8. The fourth-order valence-electron chi connectivity index (χ4n) is 24.9. The summed E-state index contributed by atoms with van der Waals surface area (Å²) in [7, 11) is 0. The number of carboxylic acids is 4. The molecule has 0 spiro atoms. The second-order valence-electron chi connectivity index (χ2n) is 44.3. The number of carboxylic acid groups (broad SMARTS) is 4. The molecule has 148 heavy (non-hydrogen) atoms. The van der Waals surface area contributed by atoms with E-state index >= 15 is 0 Å². The van der Waals surface area contributed by atoms with E-state index in [1.165, 1.54) is 22.3 Å². The summed E-state index contributed by atoms with van der Waals surface area (Å²) in [6, 6.07) is 24.0. The van der Waals surface area contributed by atoms with Crippen LogP contribution >= 0.6 is 0 Å². The number of aliphatic hydroxyl groups is 8. The molecule has 0 heterocycles. The third kappa shape index (κ3) is 42.5. The molecular weight excluding hydrogens is 1890 g/mol. The van der Waals surface area contributed by atoms with Gasteiger partial charge in [-0.25, -0.2) is 19.2 Å². The number of ether oxygens (including phenoxy) is 8. The second-order valence-corrected chi connectivity index (χ2v) is 44.3. The monoisotopic (exact) mass is 2070 g/mol. The molecule has 4 aromatic rings. The van der Waals surface area contributed by atoms with Crippen LogP contribution in [0.2, 0.25) is 0 Å². The highest BCUT2D eigenvalue weighted by Crippen LogP contribution is 2.54. The summed E-state index contributed by atoms with van der Waals surface area (Å²) in [4.78, 5) is 91.2. The minimum absolute atomic E-state index is 0.128. The predicted octanol–water partition coefficient (Wildman–Crippen LogP) is 20.3. The molecule has 0 saturated heterocycles.